The normalized spacial score (nSPS) is 30.1. The summed E-state index contributed by atoms with van der Waals surface area (Å²) in [4.78, 5) is 4.57. The lowest BCUT2D eigenvalue weighted by Gasteiger charge is -2.58. The molecule has 4 heterocycles. The van der Waals surface area contributed by atoms with Crippen LogP contribution in [0.1, 0.15) is 24.5 Å². The highest BCUT2D eigenvalue weighted by atomic mass is 16.5. The van der Waals surface area contributed by atoms with E-state index in [1.165, 1.54) is 30.3 Å². The molecule has 3 saturated heterocycles. The molecule has 0 radical (unpaired) electrons. The molecule has 0 N–H and O–H groups in total. The number of rotatable bonds is 8. The van der Waals surface area contributed by atoms with Gasteiger partial charge in [-0.15, -0.1) is 13.2 Å². The van der Waals surface area contributed by atoms with Crippen molar-refractivity contribution in [2.45, 2.75) is 25.0 Å². The summed E-state index contributed by atoms with van der Waals surface area (Å²) in [6.07, 6.45) is 10.5. The molecule has 0 spiro atoms. The van der Waals surface area contributed by atoms with Crippen LogP contribution in [0.5, 0.6) is 0 Å². The molecular formula is C25H31N2O+. The van der Waals surface area contributed by atoms with Crippen molar-refractivity contribution in [2.75, 3.05) is 26.2 Å². The molecule has 3 fully saturated rings. The SMILES string of the molecule is C=CCO[C@H](c1ccnc2ccccc12)[C@@H]1C[C@@H]2CC[N+]1(CC=C)C[C@@H]2C=C. The summed E-state index contributed by atoms with van der Waals surface area (Å²) in [7, 11) is 0. The van der Waals surface area contributed by atoms with Gasteiger partial charge >= 0.3 is 0 Å². The molecule has 0 aliphatic carbocycles. The predicted octanol–water partition coefficient (Wildman–Crippen LogP) is 5.08. The van der Waals surface area contributed by atoms with Crippen molar-refractivity contribution >= 4 is 10.9 Å². The summed E-state index contributed by atoms with van der Waals surface area (Å²) in [5.74, 6) is 1.30. The zero-order valence-corrected chi connectivity index (χ0v) is 16.7. The van der Waals surface area contributed by atoms with Gasteiger partial charge in [-0.1, -0.05) is 36.9 Å². The van der Waals surface area contributed by atoms with E-state index in [0.29, 0.717) is 24.5 Å². The van der Waals surface area contributed by atoms with Crippen molar-refractivity contribution in [2.24, 2.45) is 11.8 Å². The molecule has 3 nitrogen and oxygen atoms in total. The van der Waals surface area contributed by atoms with Crippen molar-refractivity contribution in [3.8, 4) is 0 Å². The first-order chi connectivity index (χ1) is 13.7. The number of piperidine rings is 3. The number of para-hydroxylation sites is 1. The van der Waals surface area contributed by atoms with Gasteiger partial charge in [0.05, 0.1) is 31.8 Å². The van der Waals surface area contributed by atoms with E-state index < -0.39 is 0 Å². The van der Waals surface area contributed by atoms with Crippen LogP contribution in [0, 0.1) is 11.8 Å². The van der Waals surface area contributed by atoms with Gasteiger partial charge in [-0.2, -0.15) is 0 Å². The third-order valence-electron chi connectivity index (χ3n) is 6.90. The van der Waals surface area contributed by atoms with Gasteiger partial charge in [-0.3, -0.25) is 4.98 Å². The van der Waals surface area contributed by atoms with Crippen LogP contribution in [0.2, 0.25) is 0 Å². The summed E-state index contributed by atoms with van der Waals surface area (Å²) < 4.78 is 7.55. The molecule has 1 aromatic carbocycles. The molecule has 5 atom stereocenters. The Labute approximate surface area is 168 Å². The number of hydrogen-bond acceptors (Lipinski definition) is 2. The number of quaternary nitrogens is 1. The zero-order valence-electron chi connectivity index (χ0n) is 16.7. The van der Waals surface area contributed by atoms with E-state index in [0.717, 1.165) is 23.1 Å². The van der Waals surface area contributed by atoms with Crippen molar-refractivity contribution in [1.29, 1.82) is 0 Å². The maximum atomic E-state index is 6.50. The zero-order chi connectivity index (χ0) is 19.6. The molecular weight excluding hydrogens is 344 g/mol. The highest BCUT2D eigenvalue weighted by Gasteiger charge is 2.54. The Morgan fingerprint density at radius 1 is 1.18 bits per heavy atom. The Hall–Kier alpha value is -2.23. The van der Waals surface area contributed by atoms with Crippen molar-refractivity contribution in [3.05, 3.63) is 80.1 Å². The fourth-order valence-electron chi connectivity index (χ4n) is 5.61. The maximum Gasteiger partial charge on any atom is 0.135 e. The standard InChI is InChI=1S/C25H31N2O/c1-4-14-27-15-12-20(19(6-3)18-27)17-24(27)25(28-16-5-2)22-11-13-26-23-10-8-7-9-21(22)23/h4-11,13,19-20,24-25H,1-3,12,14-18H2/q+1/t19-,20-,24-,25+,27?/m0/s1. The Kier molecular flexibility index (Phi) is 5.47. The Morgan fingerprint density at radius 2 is 2.04 bits per heavy atom. The van der Waals surface area contributed by atoms with Crippen LogP contribution in [0.15, 0.2) is 74.5 Å². The second-order valence-electron chi connectivity index (χ2n) is 8.31. The minimum Gasteiger partial charge on any atom is -0.363 e. The third kappa shape index (κ3) is 3.23. The molecule has 0 saturated carbocycles. The first kappa shape index (κ1) is 19.1. The Morgan fingerprint density at radius 3 is 2.82 bits per heavy atom. The average molecular weight is 376 g/mol. The molecule has 1 aromatic heterocycles. The summed E-state index contributed by atoms with van der Waals surface area (Å²) in [6, 6.07) is 11.0. The smallest absolute Gasteiger partial charge is 0.135 e. The van der Waals surface area contributed by atoms with Gasteiger partial charge in [0.25, 0.3) is 0 Å². The first-order valence-electron chi connectivity index (χ1n) is 10.4. The molecule has 2 aromatic rings. The van der Waals surface area contributed by atoms with Gasteiger partial charge in [0.15, 0.2) is 0 Å². The van der Waals surface area contributed by atoms with E-state index in [9.17, 15) is 0 Å². The molecule has 1 unspecified atom stereocenters. The van der Waals surface area contributed by atoms with Gasteiger partial charge in [0.1, 0.15) is 12.1 Å². The fourth-order valence-corrected chi connectivity index (χ4v) is 5.61. The molecule has 3 heteroatoms. The number of pyridine rings is 1. The van der Waals surface area contributed by atoms with Crippen LogP contribution >= 0.6 is 0 Å². The van der Waals surface area contributed by atoms with E-state index in [4.69, 9.17) is 4.74 Å². The summed E-state index contributed by atoms with van der Waals surface area (Å²) in [5, 5.41) is 1.19. The predicted molar refractivity (Wildman–Crippen MR) is 116 cm³/mol. The van der Waals surface area contributed by atoms with Crippen LogP contribution in [-0.2, 0) is 4.74 Å². The van der Waals surface area contributed by atoms with Crippen LogP contribution in [-0.4, -0.2) is 41.8 Å². The van der Waals surface area contributed by atoms with E-state index in [1.807, 2.05) is 18.3 Å². The maximum absolute atomic E-state index is 6.50. The number of nitrogens with zero attached hydrogens (tertiary/aromatic N) is 2. The molecule has 3 aliphatic rings. The summed E-state index contributed by atoms with van der Waals surface area (Å²) >= 11 is 0. The van der Waals surface area contributed by atoms with Crippen LogP contribution < -0.4 is 0 Å². The lowest BCUT2D eigenvalue weighted by atomic mass is 9.71. The summed E-state index contributed by atoms with van der Waals surface area (Å²) in [6.45, 7) is 16.0. The molecule has 0 amide bonds. The molecule has 5 rings (SSSR count). The minimum absolute atomic E-state index is 0.0272. The van der Waals surface area contributed by atoms with E-state index in [1.54, 1.807) is 0 Å². The third-order valence-corrected chi connectivity index (χ3v) is 6.90. The Bertz CT molecular complexity index is 870. The van der Waals surface area contributed by atoms with E-state index in [2.05, 4.69) is 61.1 Å². The first-order valence-corrected chi connectivity index (χ1v) is 10.4. The molecule has 3 aliphatic heterocycles. The van der Waals surface area contributed by atoms with Crippen LogP contribution in [0.3, 0.4) is 0 Å². The Balaban J connectivity index is 1.80. The highest BCUT2D eigenvalue weighted by molar-refractivity contribution is 5.82. The molecule has 28 heavy (non-hydrogen) atoms. The number of hydrogen-bond donors (Lipinski definition) is 0. The van der Waals surface area contributed by atoms with E-state index in [-0.39, 0.29) is 6.10 Å². The number of fused-ring (bicyclic) bond motifs is 4. The quantitative estimate of drug-likeness (QED) is 0.474. The van der Waals surface area contributed by atoms with E-state index >= 15 is 0 Å². The van der Waals surface area contributed by atoms with Crippen molar-refractivity contribution < 1.29 is 9.22 Å². The second-order valence-corrected chi connectivity index (χ2v) is 8.31. The van der Waals surface area contributed by atoms with Crippen molar-refractivity contribution in [1.82, 2.24) is 4.98 Å². The fraction of sp³-hybridized carbons (Fsp3) is 0.400. The van der Waals surface area contributed by atoms with Gasteiger partial charge < -0.3 is 9.22 Å². The topological polar surface area (TPSA) is 22.1 Å². The largest absolute Gasteiger partial charge is 0.363 e. The average Bonchev–Trinajstić information content (AvgIpc) is 2.74. The minimum atomic E-state index is 0.0272. The number of benzene rings is 1. The van der Waals surface area contributed by atoms with Gasteiger partial charge in [-0.25, -0.2) is 0 Å². The lowest BCUT2D eigenvalue weighted by molar-refractivity contribution is -0.968. The van der Waals surface area contributed by atoms with Gasteiger partial charge in [-0.05, 0) is 29.7 Å². The monoisotopic (exact) mass is 375 g/mol. The van der Waals surface area contributed by atoms with Gasteiger partial charge in [0, 0.05) is 30.3 Å². The number of ether oxygens (including phenoxy) is 1. The lowest BCUT2D eigenvalue weighted by Crippen LogP contribution is -2.68. The van der Waals surface area contributed by atoms with Gasteiger partial charge in [0.2, 0.25) is 0 Å². The van der Waals surface area contributed by atoms with Crippen LogP contribution in [0.25, 0.3) is 10.9 Å². The van der Waals surface area contributed by atoms with Crippen LogP contribution in [0.4, 0.5) is 0 Å². The molecule has 2 bridgehead atoms. The second kappa shape index (κ2) is 8.02. The molecule has 146 valence electrons. The highest BCUT2D eigenvalue weighted by Crippen LogP contribution is 2.48. The summed E-state index contributed by atoms with van der Waals surface area (Å²) in [5.41, 5.74) is 2.28. The van der Waals surface area contributed by atoms with Crippen molar-refractivity contribution in [3.63, 3.8) is 0 Å². The number of aromatic nitrogens is 1.